The van der Waals surface area contributed by atoms with Crippen LogP contribution in [0.2, 0.25) is 0 Å². The summed E-state index contributed by atoms with van der Waals surface area (Å²) in [6.45, 7) is 2.04. The van der Waals surface area contributed by atoms with Gasteiger partial charge in [-0.3, -0.25) is 0 Å². The van der Waals surface area contributed by atoms with Crippen LogP contribution in [0.15, 0.2) is 72.8 Å². The molecule has 140 valence electrons. The predicted molar refractivity (Wildman–Crippen MR) is 110 cm³/mol. The molecule has 0 saturated heterocycles. The van der Waals surface area contributed by atoms with Crippen LogP contribution in [-0.2, 0) is 6.42 Å². The topological polar surface area (TPSA) is 26.0 Å². The first-order chi connectivity index (χ1) is 12.6. The maximum atomic E-state index is 15.0. The maximum Gasteiger partial charge on any atom is 0.130 e. The molecule has 3 aromatic rings. The van der Waals surface area contributed by atoms with Crippen LogP contribution in [-0.4, -0.2) is 6.54 Å². The molecule has 0 spiro atoms. The van der Waals surface area contributed by atoms with E-state index >= 15 is 4.39 Å². The molecule has 0 heterocycles. The van der Waals surface area contributed by atoms with Crippen LogP contribution < -0.4 is 5.73 Å². The fraction of sp³-hybridized carbons (Fsp3) is 0.130. The van der Waals surface area contributed by atoms with E-state index in [0.29, 0.717) is 29.7 Å². The van der Waals surface area contributed by atoms with E-state index in [2.05, 4.69) is 0 Å². The Balaban J connectivity index is 0.00000261. The van der Waals surface area contributed by atoms with Gasteiger partial charge in [-0.15, -0.1) is 12.4 Å². The summed E-state index contributed by atoms with van der Waals surface area (Å²) in [6.07, 6.45) is 2.33. The molecule has 0 unspecified atom stereocenters. The van der Waals surface area contributed by atoms with Crippen molar-refractivity contribution in [2.75, 3.05) is 6.54 Å². The Labute approximate surface area is 165 Å². The summed E-state index contributed by atoms with van der Waals surface area (Å²) in [5.74, 6) is -0.560. The first-order valence-corrected chi connectivity index (χ1v) is 8.58. The van der Waals surface area contributed by atoms with Crippen LogP contribution in [0.4, 0.5) is 8.78 Å². The summed E-state index contributed by atoms with van der Waals surface area (Å²) in [7, 11) is 0. The van der Waals surface area contributed by atoms with Crippen molar-refractivity contribution in [3.8, 4) is 0 Å². The second kappa shape index (κ2) is 9.45. The second-order valence-corrected chi connectivity index (χ2v) is 6.24. The van der Waals surface area contributed by atoms with Crippen molar-refractivity contribution in [3.63, 3.8) is 0 Å². The normalized spacial score (nSPS) is 11.2. The Bertz CT molecular complexity index is 936. The van der Waals surface area contributed by atoms with Gasteiger partial charge >= 0.3 is 0 Å². The molecular weight excluding hydrogens is 364 g/mol. The minimum Gasteiger partial charge on any atom is -0.327 e. The van der Waals surface area contributed by atoms with Crippen LogP contribution >= 0.6 is 12.4 Å². The molecule has 0 aliphatic rings. The molecule has 0 saturated carbocycles. The smallest absolute Gasteiger partial charge is 0.130 e. The van der Waals surface area contributed by atoms with Crippen LogP contribution in [0.25, 0.3) is 5.57 Å². The summed E-state index contributed by atoms with van der Waals surface area (Å²) in [5, 5.41) is 0. The van der Waals surface area contributed by atoms with Crippen LogP contribution in [0.3, 0.4) is 0 Å². The van der Waals surface area contributed by atoms with Gasteiger partial charge in [0.2, 0.25) is 0 Å². The van der Waals surface area contributed by atoms with E-state index in [1.807, 2.05) is 36.4 Å². The number of rotatable bonds is 5. The molecule has 0 amide bonds. The number of benzene rings is 3. The average molecular weight is 386 g/mol. The van der Waals surface area contributed by atoms with Gasteiger partial charge in [0.1, 0.15) is 11.6 Å². The number of halogens is 3. The molecule has 27 heavy (non-hydrogen) atoms. The molecule has 4 heteroatoms. The monoisotopic (exact) mass is 385 g/mol. The van der Waals surface area contributed by atoms with Crippen molar-refractivity contribution in [2.45, 2.75) is 13.3 Å². The van der Waals surface area contributed by atoms with E-state index in [4.69, 9.17) is 5.73 Å². The fourth-order valence-corrected chi connectivity index (χ4v) is 3.14. The molecular formula is C23H22ClF2N. The van der Waals surface area contributed by atoms with E-state index in [1.54, 1.807) is 31.2 Å². The van der Waals surface area contributed by atoms with E-state index in [-0.39, 0.29) is 24.0 Å². The van der Waals surface area contributed by atoms with Crippen molar-refractivity contribution in [2.24, 2.45) is 5.73 Å². The number of hydrogen-bond donors (Lipinski definition) is 1. The molecule has 3 aromatic carbocycles. The first kappa shape index (κ1) is 20.8. The Kier molecular flexibility index (Phi) is 7.28. The van der Waals surface area contributed by atoms with Gasteiger partial charge < -0.3 is 5.73 Å². The zero-order valence-electron chi connectivity index (χ0n) is 15.1. The zero-order chi connectivity index (χ0) is 18.5. The maximum absolute atomic E-state index is 15.0. The highest BCUT2D eigenvalue weighted by molar-refractivity contribution is 5.85. The van der Waals surface area contributed by atoms with Gasteiger partial charge in [0, 0.05) is 13.0 Å². The second-order valence-electron chi connectivity index (χ2n) is 6.24. The molecule has 0 bridgehead atoms. The van der Waals surface area contributed by atoms with Gasteiger partial charge in [-0.25, -0.2) is 8.78 Å². The Morgan fingerprint density at radius 1 is 0.963 bits per heavy atom. The summed E-state index contributed by atoms with van der Waals surface area (Å²) >= 11 is 0. The largest absolute Gasteiger partial charge is 0.327 e. The quantitative estimate of drug-likeness (QED) is 0.601. The van der Waals surface area contributed by atoms with E-state index < -0.39 is 0 Å². The summed E-state index contributed by atoms with van der Waals surface area (Å²) in [4.78, 5) is 0. The highest BCUT2D eigenvalue weighted by atomic mass is 35.5. The molecule has 0 atom stereocenters. The fourth-order valence-electron chi connectivity index (χ4n) is 3.14. The van der Waals surface area contributed by atoms with Gasteiger partial charge in [0.05, 0.1) is 0 Å². The molecule has 2 N–H and O–H groups in total. The lowest BCUT2D eigenvalue weighted by molar-refractivity contribution is 0.604. The van der Waals surface area contributed by atoms with Gasteiger partial charge in [0.25, 0.3) is 0 Å². The Morgan fingerprint density at radius 3 is 2.37 bits per heavy atom. The van der Waals surface area contributed by atoms with Crippen LogP contribution in [0, 0.1) is 18.6 Å². The molecule has 1 nitrogen and oxygen atoms in total. The number of nitrogens with two attached hydrogens (primary N) is 1. The third-order valence-corrected chi connectivity index (χ3v) is 4.45. The third kappa shape index (κ3) is 4.82. The molecule has 0 aromatic heterocycles. The first-order valence-electron chi connectivity index (χ1n) is 8.58. The van der Waals surface area contributed by atoms with Crippen molar-refractivity contribution in [1.29, 1.82) is 0 Å². The Morgan fingerprint density at radius 2 is 1.70 bits per heavy atom. The minimum atomic E-state index is -0.329. The predicted octanol–water partition coefficient (Wildman–Crippen LogP) is 5.68. The van der Waals surface area contributed by atoms with Crippen LogP contribution in [0.5, 0.6) is 0 Å². The van der Waals surface area contributed by atoms with Crippen molar-refractivity contribution in [1.82, 2.24) is 0 Å². The number of hydrogen-bond acceptors (Lipinski definition) is 1. The lowest BCUT2D eigenvalue weighted by Crippen LogP contribution is -2.03. The summed E-state index contributed by atoms with van der Waals surface area (Å²) in [6, 6.07) is 19.8. The van der Waals surface area contributed by atoms with Crippen LogP contribution in [0.1, 0.15) is 27.8 Å². The van der Waals surface area contributed by atoms with Gasteiger partial charge in [0.15, 0.2) is 0 Å². The summed E-state index contributed by atoms with van der Waals surface area (Å²) < 4.78 is 28.6. The SMILES string of the molecule is Cc1c(/C(=C/CN)c2cccc(F)c2)ccc(Cc2ccccc2)c1F.Cl. The third-order valence-electron chi connectivity index (χ3n) is 4.45. The Hall–Kier alpha value is -2.49. The van der Waals surface area contributed by atoms with E-state index in [1.165, 1.54) is 12.1 Å². The van der Waals surface area contributed by atoms with Crippen molar-refractivity contribution < 1.29 is 8.78 Å². The lowest BCUT2D eigenvalue weighted by Gasteiger charge is -2.15. The zero-order valence-corrected chi connectivity index (χ0v) is 15.9. The molecule has 0 aliphatic heterocycles. The molecule has 0 fully saturated rings. The highest BCUT2D eigenvalue weighted by Crippen LogP contribution is 2.30. The van der Waals surface area contributed by atoms with Gasteiger partial charge in [-0.2, -0.15) is 0 Å². The molecule has 0 radical (unpaired) electrons. The standard InChI is InChI=1S/C23H21F2N.ClH/c1-16-21(22(12-13-26)18-8-5-9-20(24)15-18)11-10-19(23(16)25)14-17-6-3-2-4-7-17;/h2-12,15H,13-14,26H2,1H3;1H/b22-12+;. The van der Waals surface area contributed by atoms with E-state index in [9.17, 15) is 4.39 Å². The highest BCUT2D eigenvalue weighted by Gasteiger charge is 2.14. The van der Waals surface area contributed by atoms with Gasteiger partial charge in [-0.1, -0.05) is 60.7 Å². The van der Waals surface area contributed by atoms with Gasteiger partial charge in [-0.05, 0) is 52.4 Å². The van der Waals surface area contributed by atoms with Crippen molar-refractivity contribution in [3.05, 3.63) is 112 Å². The molecule has 3 rings (SSSR count). The van der Waals surface area contributed by atoms with E-state index in [0.717, 1.165) is 16.7 Å². The summed E-state index contributed by atoms with van der Waals surface area (Å²) in [5.41, 5.74) is 10.1. The van der Waals surface area contributed by atoms with Crippen molar-refractivity contribution >= 4 is 18.0 Å². The minimum absolute atomic E-state index is 0. The molecule has 0 aliphatic carbocycles. The average Bonchev–Trinajstić information content (AvgIpc) is 2.65. The lowest BCUT2D eigenvalue weighted by atomic mass is 9.91.